The summed E-state index contributed by atoms with van der Waals surface area (Å²) in [5, 5.41) is 8.94. The predicted octanol–water partition coefficient (Wildman–Crippen LogP) is 3.55. The Hall–Kier alpha value is -2.63. The van der Waals surface area contributed by atoms with E-state index in [1.807, 2.05) is 0 Å². The van der Waals surface area contributed by atoms with Gasteiger partial charge in [-0.1, -0.05) is 12.1 Å². The van der Waals surface area contributed by atoms with Gasteiger partial charge in [-0.3, -0.25) is 4.99 Å². The summed E-state index contributed by atoms with van der Waals surface area (Å²) < 4.78 is 39.5. The summed E-state index contributed by atoms with van der Waals surface area (Å²) in [6, 6.07) is 6.78. The summed E-state index contributed by atoms with van der Waals surface area (Å²) in [6.45, 7) is 0. The number of hydrogen-bond donors (Lipinski definition) is 1. The van der Waals surface area contributed by atoms with Crippen molar-refractivity contribution in [3.05, 3.63) is 65.0 Å². The molecule has 0 spiro atoms. The van der Waals surface area contributed by atoms with Crippen LogP contribution >= 0.6 is 0 Å². The Morgan fingerprint density at radius 2 is 1.70 bits per heavy atom. The van der Waals surface area contributed by atoms with Crippen molar-refractivity contribution in [2.45, 2.75) is 0 Å². The van der Waals surface area contributed by atoms with Gasteiger partial charge in [0, 0.05) is 18.3 Å². The molecule has 0 aromatic heterocycles. The van der Waals surface area contributed by atoms with Crippen LogP contribution in [0.25, 0.3) is 0 Å². The van der Waals surface area contributed by atoms with Crippen LogP contribution in [-0.4, -0.2) is 17.3 Å². The monoisotopic (exact) mass is 279 g/mol. The number of hydrogen-bond acceptors (Lipinski definition) is 2. The molecule has 3 nitrogen and oxygen atoms in total. The maximum atomic E-state index is 13.4. The van der Waals surface area contributed by atoms with E-state index < -0.39 is 29.0 Å². The van der Waals surface area contributed by atoms with Crippen LogP contribution in [0.2, 0.25) is 0 Å². The summed E-state index contributed by atoms with van der Waals surface area (Å²) in [6.07, 6.45) is 0.825. The van der Waals surface area contributed by atoms with Crippen LogP contribution in [0, 0.1) is 17.5 Å². The second-order valence-corrected chi connectivity index (χ2v) is 3.86. The molecule has 20 heavy (non-hydrogen) atoms. The van der Waals surface area contributed by atoms with Crippen molar-refractivity contribution in [3.63, 3.8) is 0 Å². The first kappa shape index (κ1) is 13.8. The minimum Gasteiger partial charge on any atom is -0.478 e. The molecular formula is C14H8F3NO2. The molecule has 2 aromatic rings. The Kier molecular flexibility index (Phi) is 3.84. The van der Waals surface area contributed by atoms with Gasteiger partial charge in [0.15, 0.2) is 0 Å². The lowest BCUT2D eigenvalue weighted by Gasteiger charge is -2.01. The van der Waals surface area contributed by atoms with Crippen molar-refractivity contribution in [2.75, 3.05) is 0 Å². The minimum atomic E-state index is -1.21. The molecular weight excluding hydrogens is 271 g/mol. The van der Waals surface area contributed by atoms with Crippen molar-refractivity contribution in [1.29, 1.82) is 0 Å². The first-order valence-corrected chi connectivity index (χ1v) is 5.50. The smallest absolute Gasteiger partial charge is 0.337 e. The molecule has 0 fully saturated rings. The fourth-order valence-electron chi connectivity index (χ4n) is 1.58. The van der Waals surface area contributed by atoms with Gasteiger partial charge < -0.3 is 5.11 Å². The molecule has 0 aliphatic carbocycles. The first-order valence-electron chi connectivity index (χ1n) is 5.50. The number of aromatic carboxylic acids is 1. The summed E-state index contributed by atoms with van der Waals surface area (Å²) in [5.41, 5.74) is -0.596. The van der Waals surface area contributed by atoms with E-state index in [4.69, 9.17) is 5.11 Å². The van der Waals surface area contributed by atoms with Crippen molar-refractivity contribution in [1.82, 2.24) is 0 Å². The second-order valence-electron chi connectivity index (χ2n) is 3.86. The fraction of sp³-hybridized carbons (Fsp3) is 0. The molecule has 2 rings (SSSR count). The number of benzene rings is 2. The molecule has 1 N–H and O–H groups in total. The largest absolute Gasteiger partial charge is 0.478 e. The van der Waals surface area contributed by atoms with E-state index in [-0.39, 0.29) is 11.3 Å². The van der Waals surface area contributed by atoms with Gasteiger partial charge >= 0.3 is 5.97 Å². The third kappa shape index (κ3) is 2.85. The van der Waals surface area contributed by atoms with Gasteiger partial charge in [-0.2, -0.15) is 0 Å². The zero-order valence-corrected chi connectivity index (χ0v) is 9.98. The van der Waals surface area contributed by atoms with Crippen LogP contribution in [-0.2, 0) is 0 Å². The Balaban J connectivity index is 2.43. The third-order valence-electron chi connectivity index (χ3n) is 2.51. The van der Waals surface area contributed by atoms with Crippen molar-refractivity contribution in [3.8, 4) is 0 Å². The van der Waals surface area contributed by atoms with Crippen molar-refractivity contribution in [2.24, 2.45) is 4.99 Å². The lowest BCUT2D eigenvalue weighted by atomic mass is 10.1. The van der Waals surface area contributed by atoms with Gasteiger partial charge in [0.1, 0.15) is 17.5 Å². The average molecular weight is 279 g/mol. The second kappa shape index (κ2) is 5.56. The molecule has 0 saturated carbocycles. The topological polar surface area (TPSA) is 49.7 Å². The van der Waals surface area contributed by atoms with Gasteiger partial charge in [-0.25, -0.2) is 18.0 Å². The minimum absolute atomic E-state index is 0.0446. The van der Waals surface area contributed by atoms with Crippen LogP contribution in [0.3, 0.4) is 0 Å². The Bertz CT molecular complexity index is 676. The lowest BCUT2D eigenvalue weighted by molar-refractivity contribution is 0.0698. The Morgan fingerprint density at radius 1 is 1.10 bits per heavy atom. The highest BCUT2D eigenvalue weighted by molar-refractivity contribution is 5.95. The number of nitrogens with zero attached hydrogens (tertiary/aromatic N) is 1. The fourth-order valence-corrected chi connectivity index (χ4v) is 1.58. The number of para-hydroxylation sites is 1. The SMILES string of the molecule is O=C(O)c1ccccc1/N=C/c1c(F)cc(F)cc1F. The standard InChI is InChI=1S/C14H8F3NO2/c15-8-5-11(16)10(12(17)6-8)7-18-13-4-2-1-3-9(13)14(19)20/h1-7H,(H,19,20)/b18-7+. The molecule has 0 saturated heterocycles. The maximum absolute atomic E-state index is 13.4. The molecule has 6 heteroatoms. The van der Waals surface area contributed by atoms with E-state index >= 15 is 0 Å². The van der Waals surface area contributed by atoms with E-state index in [1.165, 1.54) is 24.3 Å². The molecule has 0 heterocycles. The number of carboxylic acid groups (broad SMARTS) is 1. The van der Waals surface area contributed by atoms with Crippen LogP contribution in [0.15, 0.2) is 41.4 Å². The molecule has 2 aromatic carbocycles. The third-order valence-corrected chi connectivity index (χ3v) is 2.51. The van der Waals surface area contributed by atoms with Crippen LogP contribution in [0.1, 0.15) is 15.9 Å². The first-order chi connectivity index (χ1) is 9.49. The number of carboxylic acids is 1. The molecule has 102 valence electrons. The van der Waals surface area contributed by atoms with E-state index in [1.54, 1.807) is 0 Å². The number of aliphatic imine (C=N–C) groups is 1. The van der Waals surface area contributed by atoms with Gasteiger partial charge in [0.25, 0.3) is 0 Å². The Morgan fingerprint density at radius 3 is 2.30 bits per heavy atom. The van der Waals surface area contributed by atoms with Crippen molar-refractivity contribution < 1.29 is 23.1 Å². The number of halogens is 3. The zero-order chi connectivity index (χ0) is 14.7. The van der Waals surface area contributed by atoms with Crippen LogP contribution in [0.5, 0.6) is 0 Å². The van der Waals surface area contributed by atoms with Gasteiger partial charge in [0.2, 0.25) is 0 Å². The molecule has 0 atom stereocenters. The summed E-state index contributed by atoms with van der Waals surface area (Å²) in [7, 11) is 0. The van der Waals surface area contributed by atoms with E-state index in [0.717, 1.165) is 6.21 Å². The zero-order valence-electron chi connectivity index (χ0n) is 9.98. The molecule has 0 radical (unpaired) electrons. The number of carbonyl (C=O) groups is 1. The molecule has 0 amide bonds. The van der Waals surface area contributed by atoms with E-state index in [0.29, 0.717) is 12.1 Å². The lowest BCUT2D eigenvalue weighted by Crippen LogP contribution is -1.98. The summed E-state index contributed by atoms with van der Waals surface area (Å²) in [5.74, 6) is -4.47. The average Bonchev–Trinajstić information content (AvgIpc) is 2.37. The predicted molar refractivity (Wildman–Crippen MR) is 67.0 cm³/mol. The quantitative estimate of drug-likeness (QED) is 0.873. The Labute approximate surface area is 112 Å². The molecule has 0 unspecified atom stereocenters. The van der Waals surface area contributed by atoms with E-state index in [9.17, 15) is 18.0 Å². The maximum Gasteiger partial charge on any atom is 0.337 e. The normalized spacial score (nSPS) is 10.9. The van der Waals surface area contributed by atoms with Crippen LogP contribution < -0.4 is 0 Å². The van der Waals surface area contributed by atoms with Gasteiger partial charge in [-0.05, 0) is 12.1 Å². The molecule has 0 aliphatic heterocycles. The molecule has 0 aliphatic rings. The van der Waals surface area contributed by atoms with Gasteiger partial charge in [-0.15, -0.1) is 0 Å². The van der Waals surface area contributed by atoms with Crippen molar-refractivity contribution >= 4 is 17.9 Å². The number of rotatable bonds is 3. The van der Waals surface area contributed by atoms with Crippen LogP contribution in [0.4, 0.5) is 18.9 Å². The van der Waals surface area contributed by atoms with E-state index in [2.05, 4.69) is 4.99 Å². The summed E-state index contributed by atoms with van der Waals surface area (Å²) in [4.78, 5) is 14.7. The molecule has 0 bridgehead atoms. The highest BCUT2D eigenvalue weighted by Crippen LogP contribution is 2.20. The highest BCUT2D eigenvalue weighted by atomic mass is 19.1. The van der Waals surface area contributed by atoms with Gasteiger partial charge in [0.05, 0.1) is 16.8 Å². The highest BCUT2D eigenvalue weighted by Gasteiger charge is 2.11. The summed E-state index contributed by atoms with van der Waals surface area (Å²) >= 11 is 0.